The topological polar surface area (TPSA) is 159 Å². The Morgan fingerprint density at radius 2 is 1.00 bits per heavy atom. The normalized spacial score (nSPS) is 20.8. The van der Waals surface area contributed by atoms with Gasteiger partial charge in [-0.3, -0.25) is 14.6 Å². The number of imidazole rings is 2. The van der Waals surface area contributed by atoms with Crippen molar-refractivity contribution in [1.82, 2.24) is 43.6 Å². The molecular formula is C45H61F12N9O7. The summed E-state index contributed by atoms with van der Waals surface area (Å²) >= 11 is 0. The molecule has 0 aromatic carbocycles. The van der Waals surface area contributed by atoms with Crippen molar-refractivity contribution < 1.29 is 86.4 Å². The fraction of sp³-hybridized carbons (Fsp3) is 0.778. The zero-order valence-corrected chi connectivity index (χ0v) is 40.8. The van der Waals surface area contributed by atoms with Crippen LogP contribution in [0.25, 0.3) is 0 Å². The van der Waals surface area contributed by atoms with Crippen LogP contribution in [-0.4, -0.2) is 174 Å². The molecule has 0 radical (unpaired) electrons. The van der Waals surface area contributed by atoms with E-state index in [1.165, 1.54) is 43.4 Å². The quantitative estimate of drug-likeness (QED) is 0.252. The number of rotatable bonds is 8. The van der Waals surface area contributed by atoms with Crippen molar-refractivity contribution in [3.05, 3.63) is 35.4 Å². The van der Waals surface area contributed by atoms with Crippen molar-refractivity contribution in [2.75, 3.05) is 46.3 Å². The molecule has 3 amide bonds. The first kappa shape index (κ1) is 57.3. The summed E-state index contributed by atoms with van der Waals surface area (Å²) in [6, 6.07) is 1.27. The Hall–Kier alpha value is -5.02. The lowest BCUT2D eigenvalue weighted by Crippen LogP contribution is -2.56. The predicted octanol–water partition coefficient (Wildman–Crippen LogP) is 8.89. The average molecular weight is 1070 g/mol. The molecule has 412 valence electrons. The van der Waals surface area contributed by atoms with Crippen LogP contribution in [-0.2, 0) is 35.7 Å². The first-order valence-corrected chi connectivity index (χ1v) is 24.1. The number of alkyl halides is 12. The molecule has 2 saturated heterocycles. The minimum absolute atomic E-state index is 0.0514. The molecule has 73 heavy (non-hydrogen) atoms. The molecule has 0 unspecified atom stereocenters. The van der Waals surface area contributed by atoms with Crippen LogP contribution in [0, 0.1) is 5.41 Å². The number of carbonyl (C=O) groups is 4. The zero-order valence-electron chi connectivity index (χ0n) is 40.8. The molecule has 2 aromatic heterocycles. The summed E-state index contributed by atoms with van der Waals surface area (Å²) in [5.74, 6) is 0.448. The van der Waals surface area contributed by atoms with Gasteiger partial charge < -0.3 is 38.4 Å². The number of hydrogen-bond donors (Lipinski definition) is 1. The molecular weight excluding hydrogens is 1010 g/mol. The van der Waals surface area contributed by atoms with Gasteiger partial charge in [0.05, 0.1) is 13.1 Å². The van der Waals surface area contributed by atoms with Crippen LogP contribution in [0.5, 0.6) is 0 Å². The lowest BCUT2D eigenvalue weighted by molar-refractivity contribution is -0.309. The van der Waals surface area contributed by atoms with E-state index in [9.17, 15) is 71.9 Å². The van der Waals surface area contributed by atoms with E-state index in [1.807, 2.05) is 23.0 Å². The summed E-state index contributed by atoms with van der Waals surface area (Å²) in [4.78, 5) is 64.3. The largest absolute Gasteiger partial charge is 0.476 e. The van der Waals surface area contributed by atoms with E-state index in [4.69, 9.17) is 5.11 Å². The maximum absolute atomic E-state index is 13.2. The summed E-state index contributed by atoms with van der Waals surface area (Å²) in [5, 5.41) is 8.88. The zero-order chi connectivity index (χ0) is 54.1. The molecule has 0 spiro atoms. The summed E-state index contributed by atoms with van der Waals surface area (Å²) in [5.41, 5.74) is -0.372. The van der Waals surface area contributed by atoms with Crippen molar-refractivity contribution in [3.8, 4) is 0 Å². The number of likely N-dealkylation sites (tertiary alicyclic amines) is 2. The van der Waals surface area contributed by atoms with Crippen LogP contribution in [0.2, 0.25) is 0 Å². The second kappa shape index (κ2) is 22.1. The van der Waals surface area contributed by atoms with Gasteiger partial charge in [-0.1, -0.05) is 33.1 Å². The van der Waals surface area contributed by atoms with E-state index in [0.29, 0.717) is 31.5 Å². The van der Waals surface area contributed by atoms with E-state index < -0.39 is 60.6 Å². The molecule has 4 aliphatic heterocycles. The van der Waals surface area contributed by atoms with E-state index in [1.54, 1.807) is 26.4 Å². The average Bonchev–Trinajstić information content (AvgIpc) is 3.90. The first-order valence-electron chi connectivity index (χ1n) is 24.1. The van der Waals surface area contributed by atoms with Crippen molar-refractivity contribution >= 4 is 24.1 Å². The summed E-state index contributed by atoms with van der Waals surface area (Å²) in [6.07, 6.45) is -21.5. The molecule has 4 fully saturated rings. The Bertz CT molecular complexity index is 2210. The summed E-state index contributed by atoms with van der Waals surface area (Å²) in [6.45, 7) is 10.5. The van der Waals surface area contributed by atoms with Gasteiger partial charge in [0.15, 0.2) is 5.69 Å². The number of carbonyl (C=O) groups excluding carboxylic acids is 3. The number of carboxylic acid groups (broad SMARTS) is 1. The molecule has 8 rings (SSSR count). The third kappa shape index (κ3) is 14.0. The Morgan fingerprint density at radius 1 is 0.630 bits per heavy atom. The third-order valence-corrected chi connectivity index (χ3v) is 15.2. The molecule has 0 atom stereocenters. The number of aromatic carboxylic acids is 1. The molecule has 2 aliphatic carbocycles. The molecule has 0 bridgehead atoms. The second-order valence-electron chi connectivity index (χ2n) is 20.1. The standard InChI is InChI=1S/C22H29F6N5O3.C12H17F6NO2.C11H15N3O2/c1-20(6-8-31(9-7-20)19(35)36-18(21(23,24)25)22(26,27)28)30(2)17(34)15-12-33-11-10-32(13-16(33)29-15)14-4-3-5-14;1-3-10(2)4-6-19(7-5-10)9(20)21-8(11(13,14)15)12(16,17)18;15-11(16)9-6-14-5-4-13(7-10(14)12-9)8-2-1-3-8/h12,14,18H,3-11,13H2,1-2H3;8H,3-7H2,1-2H3;6,8H,1-5,7H2,(H,15,16). The third-order valence-electron chi connectivity index (χ3n) is 15.2. The number of fused-ring (bicyclic) bond motifs is 2. The van der Waals surface area contributed by atoms with Crippen LogP contribution < -0.4 is 0 Å². The number of nitrogens with zero attached hydrogens (tertiary/aromatic N) is 9. The molecule has 2 aromatic rings. The molecule has 16 nitrogen and oxygen atoms in total. The van der Waals surface area contributed by atoms with E-state index in [-0.39, 0.29) is 61.7 Å². The van der Waals surface area contributed by atoms with Gasteiger partial charge in [0.25, 0.3) is 18.1 Å². The van der Waals surface area contributed by atoms with Crippen LogP contribution in [0.4, 0.5) is 62.3 Å². The molecule has 28 heteroatoms. The minimum Gasteiger partial charge on any atom is -0.476 e. The van der Waals surface area contributed by atoms with Gasteiger partial charge in [0.1, 0.15) is 17.3 Å². The lowest BCUT2D eigenvalue weighted by atomic mass is 9.78. The SMILES string of the molecule is CCC1(C)CCN(C(=O)OC(C(F)(F)F)C(F)(F)F)CC1.CN(C(=O)c1cn2c(n1)CN(C1CCC1)CC2)C1(C)CCN(C(=O)OC(C(F)(F)F)C(F)(F)F)CC1.O=C(O)c1cn2c(n1)CN(C1CCC1)CC2. The minimum atomic E-state index is -5.77. The van der Waals surface area contributed by atoms with E-state index in [0.717, 1.165) is 60.6 Å². The Morgan fingerprint density at radius 3 is 1.34 bits per heavy atom. The summed E-state index contributed by atoms with van der Waals surface area (Å²) < 4.78 is 162. The fourth-order valence-corrected chi connectivity index (χ4v) is 9.37. The molecule has 6 heterocycles. The maximum Gasteiger partial charge on any atom is 0.434 e. The number of piperidine rings is 2. The number of carboxylic acids is 1. The van der Waals surface area contributed by atoms with Crippen molar-refractivity contribution in [1.29, 1.82) is 0 Å². The fourth-order valence-electron chi connectivity index (χ4n) is 9.37. The van der Waals surface area contributed by atoms with Gasteiger partial charge >= 0.3 is 42.9 Å². The van der Waals surface area contributed by atoms with Crippen molar-refractivity contribution in [2.24, 2.45) is 5.41 Å². The second-order valence-corrected chi connectivity index (χ2v) is 20.1. The molecule has 1 N–H and O–H groups in total. The molecule has 2 saturated carbocycles. The highest BCUT2D eigenvalue weighted by Crippen LogP contribution is 2.40. The van der Waals surface area contributed by atoms with Gasteiger partial charge in [-0.25, -0.2) is 24.4 Å². The smallest absolute Gasteiger partial charge is 0.434 e. The first-order chi connectivity index (χ1) is 33.8. The van der Waals surface area contributed by atoms with Crippen LogP contribution in [0.3, 0.4) is 0 Å². The summed E-state index contributed by atoms with van der Waals surface area (Å²) in [7, 11) is 1.58. The van der Waals surface area contributed by atoms with E-state index >= 15 is 0 Å². The number of ether oxygens (including phenoxy) is 2. The Labute approximate surface area is 412 Å². The van der Waals surface area contributed by atoms with Crippen LogP contribution in [0.1, 0.15) is 124 Å². The van der Waals surface area contributed by atoms with Gasteiger partial charge in [-0.2, -0.15) is 52.7 Å². The van der Waals surface area contributed by atoms with Gasteiger partial charge in [-0.15, -0.1) is 0 Å². The van der Waals surface area contributed by atoms with Crippen LogP contribution >= 0.6 is 0 Å². The van der Waals surface area contributed by atoms with Crippen LogP contribution in [0.15, 0.2) is 12.4 Å². The highest BCUT2D eigenvalue weighted by Gasteiger charge is 2.61. The van der Waals surface area contributed by atoms with Crippen molar-refractivity contribution in [2.45, 2.75) is 172 Å². The highest BCUT2D eigenvalue weighted by atomic mass is 19.4. The Kier molecular flexibility index (Phi) is 17.3. The number of amides is 3. The molecule has 6 aliphatic rings. The van der Waals surface area contributed by atoms with Gasteiger partial charge in [-0.05, 0) is 63.7 Å². The van der Waals surface area contributed by atoms with Gasteiger partial charge in [0.2, 0.25) is 0 Å². The predicted molar refractivity (Wildman–Crippen MR) is 233 cm³/mol. The van der Waals surface area contributed by atoms with Gasteiger partial charge in [0, 0.05) is 89.4 Å². The number of halogens is 12. The highest BCUT2D eigenvalue weighted by molar-refractivity contribution is 5.92. The number of hydrogen-bond acceptors (Lipinski definition) is 10. The lowest BCUT2D eigenvalue weighted by Gasteiger charge is -2.44. The number of aromatic nitrogens is 4. The Balaban J connectivity index is 0.000000198. The maximum atomic E-state index is 13.2. The van der Waals surface area contributed by atoms with E-state index in [2.05, 4.69) is 29.2 Å². The van der Waals surface area contributed by atoms with Crippen molar-refractivity contribution in [3.63, 3.8) is 0 Å². The monoisotopic (exact) mass is 1070 g/mol.